The summed E-state index contributed by atoms with van der Waals surface area (Å²) in [5, 5.41) is 2.49. The number of benzene rings is 2. The Hall–Kier alpha value is -1.25. The molecule has 2 nitrogen and oxygen atoms in total. The Bertz CT molecular complexity index is 759. The fourth-order valence-electron chi connectivity index (χ4n) is 4.46. The average Bonchev–Trinajstić information content (AvgIpc) is 2.86. The third-order valence-electron chi connectivity index (χ3n) is 7.27. The predicted octanol–water partition coefficient (Wildman–Crippen LogP) is 6.93. The number of rotatable bonds is 13. The summed E-state index contributed by atoms with van der Waals surface area (Å²) >= 11 is 0. The van der Waals surface area contributed by atoms with Crippen molar-refractivity contribution < 1.29 is 8.23 Å². The van der Waals surface area contributed by atoms with E-state index in [1.165, 1.54) is 10.4 Å². The van der Waals surface area contributed by atoms with Crippen molar-refractivity contribution in [3.05, 3.63) is 66.7 Å². The van der Waals surface area contributed by atoms with Gasteiger partial charge < -0.3 is 8.23 Å². The Labute approximate surface area is 194 Å². The van der Waals surface area contributed by atoms with Crippen LogP contribution in [0.25, 0.3) is 6.08 Å². The molecule has 31 heavy (non-hydrogen) atoms. The molecule has 0 bridgehead atoms. The minimum atomic E-state index is -2.89. The molecule has 0 aliphatic carbocycles. The van der Waals surface area contributed by atoms with Gasteiger partial charge in [-0.25, -0.2) is 0 Å². The lowest BCUT2D eigenvalue weighted by molar-refractivity contribution is 0.394. The Morgan fingerprint density at radius 3 is 1.35 bits per heavy atom. The van der Waals surface area contributed by atoms with Crippen LogP contribution in [0.2, 0.25) is 36.3 Å². The zero-order valence-electron chi connectivity index (χ0n) is 20.5. The van der Waals surface area contributed by atoms with E-state index in [9.17, 15) is 0 Å². The molecule has 0 saturated carbocycles. The molecule has 0 N–H and O–H groups in total. The largest absolute Gasteiger partial charge is 0.429 e. The van der Waals surface area contributed by atoms with Gasteiger partial charge >= 0.3 is 8.56 Å². The predicted molar refractivity (Wildman–Crippen MR) is 145 cm³/mol. The lowest BCUT2D eigenvalue weighted by Crippen LogP contribution is -2.71. The average molecular weight is 471 g/mol. The molecular weight excluding hydrogens is 429 g/mol. The second-order valence-electron chi connectivity index (χ2n) is 8.50. The summed E-state index contributed by atoms with van der Waals surface area (Å²) in [6.07, 6.45) is 1.91. The molecule has 2 aromatic rings. The van der Waals surface area contributed by atoms with Crippen LogP contribution in [-0.4, -0.2) is 25.2 Å². The van der Waals surface area contributed by atoms with Gasteiger partial charge in [0.15, 0.2) is 16.6 Å². The second-order valence-corrected chi connectivity index (χ2v) is 21.5. The normalized spacial score (nSPS) is 12.7. The SMILES string of the molecule is C=Cc1ccc([Si](O[Si](CC)(CC)CC)(O[Si](CC)(CC)CC)c2ccccc2)cc1. The zero-order chi connectivity index (χ0) is 23.0. The van der Waals surface area contributed by atoms with Crippen LogP contribution in [0.3, 0.4) is 0 Å². The molecule has 0 spiro atoms. The highest BCUT2D eigenvalue weighted by molar-refractivity contribution is 7.03. The Kier molecular flexibility index (Phi) is 9.70. The molecule has 2 aromatic carbocycles. The van der Waals surface area contributed by atoms with Crippen molar-refractivity contribution >= 4 is 41.6 Å². The molecule has 2 rings (SSSR count). The maximum Gasteiger partial charge on any atom is 0.386 e. The standard InChI is InChI=1S/C26H42O2Si3/c1-8-24-20-22-26(23-21-24)31(25-18-16-15-17-19-25,27-29(9-2,10-3)11-4)28-30(12-5,13-6)14-7/h8,15-23H,1,9-14H2,2-7H3. The van der Waals surface area contributed by atoms with Gasteiger partial charge in [0.2, 0.25) is 0 Å². The molecule has 170 valence electrons. The molecule has 0 saturated heterocycles. The fraction of sp³-hybridized carbons (Fsp3) is 0.462. The van der Waals surface area contributed by atoms with Gasteiger partial charge in [0.05, 0.1) is 0 Å². The molecular formula is C26H42O2Si3. The molecule has 0 aliphatic rings. The lowest BCUT2D eigenvalue weighted by atomic mass is 10.2. The van der Waals surface area contributed by atoms with E-state index in [-0.39, 0.29) is 0 Å². The summed E-state index contributed by atoms with van der Waals surface area (Å²) in [5.41, 5.74) is 1.13. The maximum absolute atomic E-state index is 7.54. The Balaban J connectivity index is 2.83. The molecule has 5 heteroatoms. The van der Waals surface area contributed by atoms with Gasteiger partial charge in [0, 0.05) is 0 Å². The van der Waals surface area contributed by atoms with Crippen molar-refractivity contribution in [2.45, 2.75) is 77.8 Å². The molecule has 0 aromatic heterocycles. The minimum absolute atomic E-state index is 1.12. The van der Waals surface area contributed by atoms with Crippen LogP contribution in [0, 0.1) is 0 Å². The first kappa shape index (κ1) is 26.0. The summed E-state index contributed by atoms with van der Waals surface area (Å²) in [5.74, 6) is 0. The van der Waals surface area contributed by atoms with Crippen LogP contribution < -0.4 is 10.4 Å². The summed E-state index contributed by atoms with van der Waals surface area (Å²) in [7, 11) is -6.77. The third-order valence-corrected chi connectivity index (χ3v) is 22.9. The zero-order valence-corrected chi connectivity index (χ0v) is 23.5. The summed E-state index contributed by atoms with van der Waals surface area (Å²) in [4.78, 5) is 0. The van der Waals surface area contributed by atoms with E-state index in [1.54, 1.807) is 0 Å². The van der Waals surface area contributed by atoms with Gasteiger partial charge in [-0.2, -0.15) is 0 Å². The van der Waals surface area contributed by atoms with Crippen LogP contribution in [0.1, 0.15) is 47.1 Å². The van der Waals surface area contributed by atoms with Crippen molar-refractivity contribution in [3.63, 3.8) is 0 Å². The topological polar surface area (TPSA) is 18.5 Å². The molecule has 0 amide bonds. The summed E-state index contributed by atoms with van der Waals surface area (Å²) < 4.78 is 15.1. The first-order valence-corrected chi connectivity index (χ1v) is 19.0. The van der Waals surface area contributed by atoms with Crippen molar-refractivity contribution in [3.8, 4) is 0 Å². The van der Waals surface area contributed by atoms with Crippen LogP contribution in [0.15, 0.2) is 61.2 Å². The lowest BCUT2D eigenvalue weighted by Gasteiger charge is -2.46. The van der Waals surface area contributed by atoms with E-state index in [0.29, 0.717) is 0 Å². The van der Waals surface area contributed by atoms with Gasteiger partial charge in [0.25, 0.3) is 0 Å². The molecule has 0 unspecified atom stereocenters. The monoisotopic (exact) mass is 470 g/mol. The Morgan fingerprint density at radius 2 is 1.00 bits per heavy atom. The van der Waals surface area contributed by atoms with Crippen molar-refractivity contribution in [2.24, 2.45) is 0 Å². The summed E-state index contributed by atoms with van der Waals surface area (Å²) in [6.45, 7) is 17.8. The highest BCUT2D eigenvalue weighted by Crippen LogP contribution is 2.32. The number of hydrogen-bond donors (Lipinski definition) is 0. The van der Waals surface area contributed by atoms with Crippen molar-refractivity contribution in [2.75, 3.05) is 0 Å². The molecule has 0 fully saturated rings. The first-order chi connectivity index (χ1) is 14.9. The molecule has 0 aliphatic heterocycles. The van der Waals surface area contributed by atoms with E-state index in [2.05, 4.69) is 103 Å². The molecule has 0 atom stereocenters. The van der Waals surface area contributed by atoms with E-state index >= 15 is 0 Å². The quantitative estimate of drug-likeness (QED) is 0.295. The van der Waals surface area contributed by atoms with Gasteiger partial charge in [-0.15, -0.1) is 0 Å². The van der Waals surface area contributed by atoms with Crippen molar-refractivity contribution in [1.29, 1.82) is 0 Å². The van der Waals surface area contributed by atoms with Gasteiger partial charge in [-0.1, -0.05) is 109 Å². The smallest absolute Gasteiger partial charge is 0.386 e. The van der Waals surface area contributed by atoms with Crippen LogP contribution in [0.4, 0.5) is 0 Å². The van der Waals surface area contributed by atoms with E-state index in [4.69, 9.17) is 8.23 Å². The van der Waals surface area contributed by atoms with Crippen LogP contribution in [-0.2, 0) is 8.23 Å². The number of hydrogen-bond acceptors (Lipinski definition) is 2. The van der Waals surface area contributed by atoms with E-state index in [0.717, 1.165) is 41.8 Å². The third kappa shape index (κ3) is 5.57. The minimum Gasteiger partial charge on any atom is -0.429 e. The van der Waals surface area contributed by atoms with Crippen LogP contribution >= 0.6 is 0 Å². The Morgan fingerprint density at radius 1 is 0.613 bits per heavy atom. The van der Waals surface area contributed by atoms with Crippen molar-refractivity contribution in [1.82, 2.24) is 0 Å². The van der Waals surface area contributed by atoms with E-state index in [1.807, 2.05) is 6.08 Å². The first-order valence-electron chi connectivity index (χ1n) is 12.1. The highest BCUT2D eigenvalue weighted by Gasteiger charge is 2.52. The molecule has 0 radical (unpaired) electrons. The van der Waals surface area contributed by atoms with Crippen LogP contribution in [0.5, 0.6) is 0 Å². The van der Waals surface area contributed by atoms with Gasteiger partial charge in [-0.05, 0) is 52.2 Å². The summed E-state index contributed by atoms with van der Waals surface area (Å²) in [6, 6.07) is 26.4. The van der Waals surface area contributed by atoms with E-state index < -0.39 is 25.2 Å². The molecule has 0 heterocycles. The maximum atomic E-state index is 7.54. The highest BCUT2D eigenvalue weighted by atomic mass is 28.5. The fourth-order valence-corrected chi connectivity index (χ4v) is 19.8. The second kappa shape index (κ2) is 11.6. The van der Waals surface area contributed by atoms with Gasteiger partial charge in [-0.3, -0.25) is 0 Å². The van der Waals surface area contributed by atoms with Gasteiger partial charge in [0.1, 0.15) is 0 Å².